The summed E-state index contributed by atoms with van der Waals surface area (Å²) < 4.78 is 66.1. The van der Waals surface area contributed by atoms with Crippen LogP contribution in [0.3, 0.4) is 0 Å². The van der Waals surface area contributed by atoms with Crippen LogP contribution in [0.1, 0.15) is 39.5 Å². The Hall–Kier alpha value is 0.259. The van der Waals surface area contributed by atoms with Gasteiger partial charge in [-0.1, -0.05) is 26.7 Å². The fraction of sp³-hybridized carbons (Fsp3) is 1.00. The van der Waals surface area contributed by atoms with E-state index < -0.39 is 20.8 Å². The van der Waals surface area contributed by atoms with E-state index >= 15 is 0 Å². The van der Waals surface area contributed by atoms with Gasteiger partial charge >= 0.3 is 17.1 Å². The Labute approximate surface area is 125 Å². The molecule has 0 heterocycles. The van der Waals surface area contributed by atoms with Crippen molar-refractivity contribution in [3.05, 3.63) is 0 Å². The van der Waals surface area contributed by atoms with Crippen LogP contribution in [-0.4, -0.2) is 39.2 Å². The molecule has 0 bridgehead atoms. The van der Waals surface area contributed by atoms with Crippen LogP contribution in [0.4, 0.5) is 0 Å². The van der Waals surface area contributed by atoms with Crippen LogP contribution in [0, 0.1) is 0 Å². The van der Waals surface area contributed by atoms with Crippen LogP contribution in [0.25, 0.3) is 0 Å². The van der Waals surface area contributed by atoms with Crippen LogP contribution >= 0.6 is 0 Å². The van der Waals surface area contributed by atoms with Crippen molar-refractivity contribution in [1.82, 2.24) is 0 Å². The minimum absolute atomic E-state index is 0. The van der Waals surface area contributed by atoms with Gasteiger partial charge in [-0.2, -0.15) is 0 Å². The van der Waals surface area contributed by atoms with E-state index in [0.29, 0.717) is 12.8 Å². The molecule has 0 spiro atoms. The molecule has 0 saturated heterocycles. The quantitative estimate of drug-likeness (QED) is 0.264. The minimum atomic E-state index is -4.45. The number of unbranched alkanes of at least 4 members (excludes halogenated alkanes) is 2. The normalized spacial score (nSPS) is 11.2. The average Bonchev–Trinajstić information content (AvgIpc) is 2.16. The molecule has 0 amide bonds. The second-order valence-electron chi connectivity index (χ2n) is 3.17. The summed E-state index contributed by atoms with van der Waals surface area (Å²) in [5.41, 5.74) is 0. The third kappa shape index (κ3) is 32.1. The molecule has 0 radical (unpaired) electrons. The summed E-state index contributed by atoms with van der Waals surface area (Å²) >= 11 is 0. The van der Waals surface area contributed by atoms with Gasteiger partial charge in [0.15, 0.2) is 0 Å². The van der Waals surface area contributed by atoms with Crippen molar-refractivity contribution in [2.24, 2.45) is 0 Å². The third-order valence-corrected chi connectivity index (χ3v) is 2.36. The van der Waals surface area contributed by atoms with Crippen molar-refractivity contribution in [3.8, 4) is 0 Å². The molecule has 118 valence electrons. The van der Waals surface area contributed by atoms with E-state index in [9.17, 15) is 25.9 Å². The molecule has 0 aliphatic heterocycles. The van der Waals surface area contributed by atoms with Gasteiger partial charge in [0.25, 0.3) is 0 Å². The molecule has 0 aliphatic carbocycles. The Morgan fingerprint density at radius 3 is 1.21 bits per heavy atom. The van der Waals surface area contributed by atoms with Gasteiger partial charge in [-0.25, -0.2) is 16.8 Å². The van der Waals surface area contributed by atoms with Gasteiger partial charge in [0.1, 0.15) is 0 Å². The zero-order chi connectivity index (χ0) is 14.7. The first-order valence-corrected chi connectivity index (χ1v) is 7.99. The van der Waals surface area contributed by atoms with E-state index in [2.05, 4.69) is 8.37 Å². The first kappa shape index (κ1) is 24.3. The third-order valence-electron chi connectivity index (χ3n) is 1.45. The van der Waals surface area contributed by atoms with Gasteiger partial charge in [0.2, 0.25) is 20.8 Å². The standard InChI is InChI=1S/2C4H10O4S.Fe/c2*1-2-3-4-8-9(5,6)7;/h2*2-4H2,1H3,(H,5,6,7);/q;;+2/p-2. The molecule has 0 aromatic heterocycles. The zero-order valence-corrected chi connectivity index (χ0v) is 13.4. The molecule has 0 rings (SSSR count). The Kier molecular flexibility index (Phi) is 16.9. The smallest absolute Gasteiger partial charge is 0.726 e. The number of hydrogen-bond donors (Lipinski definition) is 0. The van der Waals surface area contributed by atoms with E-state index in [-0.39, 0.29) is 30.3 Å². The molecule has 0 aliphatic rings. The summed E-state index contributed by atoms with van der Waals surface area (Å²) in [5, 5.41) is 0. The maximum atomic E-state index is 9.73. The van der Waals surface area contributed by atoms with E-state index in [1.807, 2.05) is 13.8 Å². The minimum Gasteiger partial charge on any atom is -0.726 e. The summed E-state index contributed by atoms with van der Waals surface area (Å²) in [6.45, 7) is 3.76. The van der Waals surface area contributed by atoms with Crippen molar-refractivity contribution in [3.63, 3.8) is 0 Å². The van der Waals surface area contributed by atoms with Crippen molar-refractivity contribution in [2.75, 3.05) is 13.2 Å². The summed E-state index contributed by atoms with van der Waals surface area (Å²) in [5.74, 6) is 0. The van der Waals surface area contributed by atoms with Gasteiger partial charge in [-0.3, -0.25) is 8.37 Å². The molecule has 0 unspecified atom stereocenters. The molecular weight excluding hydrogens is 344 g/mol. The molecule has 0 N–H and O–H groups in total. The topological polar surface area (TPSA) is 133 Å². The zero-order valence-electron chi connectivity index (χ0n) is 10.7. The Morgan fingerprint density at radius 1 is 0.789 bits per heavy atom. The van der Waals surface area contributed by atoms with Crippen molar-refractivity contribution >= 4 is 20.8 Å². The van der Waals surface area contributed by atoms with Crippen molar-refractivity contribution in [2.45, 2.75) is 39.5 Å². The Bertz CT molecular complexity index is 340. The van der Waals surface area contributed by atoms with Crippen LogP contribution in [0.2, 0.25) is 0 Å². The maximum absolute atomic E-state index is 9.73. The molecule has 11 heteroatoms. The molecule has 0 aromatic carbocycles. The molecule has 0 saturated carbocycles. The van der Waals surface area contributed by atoms with E-state index in [4.69, 9.17) is 0 Å². The van der Waals surface area contributed by atoms with Crippen molar-refractivity contribution in [1.29, 1.82) is 0 Å². The monoisotopic (exact) mass is 362 g/mol. The van der Waals surface area contributed by atoms with Gasteiger partial charge < -0.3 is 9.11 Å². The predicted octanol–water partition coefficient (Wildman–Crippen LogP) is 0.524. The summed E-state index contributed by atoms with van der Waals surface area (Å²) in [6.07, 6.45) is 2.83. The largest absolute Gasteiger partial charge is 2.00 e. The molecule has 0 atom stereocenters. The van der Waals surface area contributed by atoms with Crippen LogP contribution in [0.15, 0.2) is 0 Å². The molecule has 8 nitrogen and oxygen atoms in total. The SMILES string of the molecule is CCCCOS(=O)(=O)[O-].CCCCOS(=O)(=O)[O-].[Fe+2]. The molecule has 0 aromatic rings. The fourth-order valence-corrected chi connectivity index (χ4v) is 1.25. The summed E-state index contributed by atoms with van der Waals surface area (Å²) in [4.78, 5) is 0. The van der Waals surface area contributed by atoms with E-state index in [0.717, 1.165) is 12.8 Å². The van der Waals surface area contributed by atoms with Gasteiger partial charge in [0.05, 0.1) is 13.2 Å². The molecule has 0 fully saturated rings. The first-order valence-electron chi connectivity index (χ1n) is 5.32. The second-order valence-corrected chi connectivity index (χ2v) is 5.27. The van der Waals surface area contributed by atoms with Crippen LogP contribution in [0.5, 0.6) is 0 Å². The first-order chi connectivity index (χ1) is 8.12. The second kappa shape index (κ2) is 13.3. The molecular formula is C8H18FeO8S2. The number of rotatable bonds is 8. The summed E-state index contributed by atoms with van der Waals surface area (Å²) in [7, 11) is -8.89. The summed E-state index contributed by atoms with van der Waals surface area (Å²) in [6, 6.07) is 0. The average molecular weight is 362 g/mol. The van der Waals surface area contributed by atoms with Gasteiger partial charge in [-0.15, -0.1) is 0 Å². The maximum Gasteiger partial charge on any atom is 2.00 e. The van der Waals surface area contributed by atoms with E-state index in [1.54, 1.807) is 0 Å². The van der Waals surface area contributed by atoms with Gasteiger partial charge in [-0.05, 0) is 12.8 Å². The Balaban J connectivity index is -0.000000256. The van der Waals surface area contributed by atoms with Gasteiger partial charge in [0, 0.05) is 0 Å². The fourth-order valence-electron chi connectivity index (χ4n) is 0.611. The Morgan fingerprint density at radius 2 is 1.05 bits per heavy atom. The van der Waals surface area contributed by atoms with Crippen LogP contribution < -0.4 is 0 Å². The molecule has 19 heavy (non-hydrogen) atoms. The predicted molar refractivity (Wildman–Crippen MR) is 61.1 cm³/mol. The van der Waals surface area contributed by atoms with E-state index in [1.165, 1.54) is 0 Å². The van der Waals surface area contributed by atoms with Crippen LogP contribution in [-0.2, 0) is 46.2 Å². The number of hydrogen-bond acceptors (Lipinski definition) is 8. The van der Waals surface area contributed by atoms with Crippen molar-refractivity contribution < 1.29 is 51.4 Å².